The van der Waals surface area contributed by atoms with Crippen LogP contribution >= 0.6 is 23.5 Å². The summed E-state index contributed by atoms with van der Waals surface area (Å²) < 4.78 is 53.0. The highest BCUT2D eigenvalue weighted by molar-refractivity contribution is 7.66. The number of phosphoric acid groups is 3. The van der Waals surface area contributed by atoms with Crippen LogP contribution in [-0.2, 0) is 38.1 Å². The van der Waals surface area contributed by atoms with Gasteiger partial charge in [-0.1, -0.05) is 19.3 Å². The lowest BCUT2D eigenvalue weighted by atomic mass is 9.84. The topological polar surface area (TPSA) is 266 Å². The minimum Gasteiger partial charge on any atom is -0.387 e. The molecule has 6 N–H and O–H groups in total. The second-order valence-electron chi connectivity index (χ2n) is 9.78. The second-order valence-corrected chi connectivity index (χ2v) is 14.2. The lowest BCUT2D eigenvalue weighted by Gasteiger charge is -2.22. The Morgan fingerprint density at radius 3 is 2.31 bits per heavy atom. The number of nitrogens with zero attached hydrogens (tertiary/aromatic N) is 3. The van der Waals surface area contributed by atoms with Crippen molar-refractivity contribution in [2.75, 3.05) is 6.61 Å². The largest absolute Gasteiger partial charge is 0.490 e. The van der Waals surface area contributed by atoms with Gasteiger partial charge in [0.05, 0.1) is 18.8 Å². The predicted octanol–water partition coefficient (Wildman–Crippen LogP) is 0.463. The summed E-state index contributed by atoms with van der Waals surface area (Å²) in [6.45, 7) is -1.26. The number of hydrogen-bond donors (Lipinski definition) is 6. The molecule has 42 heavy (non-hydrogen) atoms. The normalized spacial score (nSPS) is 26.5. The van der Waals surface area contributed by atoms with E-state index in [1.54, 1.807) is 6.20 Å². The molecule has 234 valence electrons. The smallest absolute Gasteiger partial charge is 0.387 e. The lowest BCUT2D eigenvalue weighted by molar-refractivity contribution is -0.0547. The Kier molecular flexibility index (Phi) is 10.2. The molecule has 0 aromatic carbocycles. The van der Waals surface area contributed by atoms with E-state index in [1.807, 2.05) is 12.1 Å². The van der Waals surface area contributed by atoms with E-state index in [1.165, 1.54) is 6.42 Å². The Hall–Kier alpha value is -1.88. The highest BCUT2D eigenvalue weighted by atomic mass is 31.3. The van der Waals surface area contributed by atoms with Crippen LogP contribution in [-0.4, -0.2) is 68.8 Å². The Bertz CT molecular complexity index is 1530. The van der Waals surface area contributed by atoms with Crippen LogP contribution in [0.3, 0.4) is 0 Å². The molecule has 21 heteroatoms. The number of ether oxygens (including phenoxy) is 1. The van der Waals surface area contributed by atoms with Gasteiger partial charge in [-0.2, -0.15) is 8.62 Å². The van der Waals surface area contributed by atoms with Crippen LogP contribution in [0.1, 0.15) is 55.5 Å². The molecule has 6 atom stereocenters. The summed E-state index contributed by atoms with van der Waals surface area (Å²) in [5, 5.41) is 20.9. The summed E-state index contributed by atoms with van der Waals surface area (Å²) in [6.07, 6.45) is 1.24. The molecule has 2 aromatic rings. The van der Waals surface area contributed by atoms with Gasteiger partial charge in [-0.05, 0) is 36.5 Å². The first-order chi connectivity index (χ1) is 19.6. The molecule has 0 spiro atoms. The quantitative estimate of drug-likeness (QED) is 0.179. The van der Waals surface area contributed by atoms with Crippen molar-refractivity contribution in [2.45, 2.75) is 69.1 Å². The molecule has 2 aliphatic rings. The standard InChI is InChI=1S/C21H30N3O15P3/c25-17-7-9-23(21(28)24(17)11-15-10-14(6-8-22-15)13-4-2-1-3-5-13)20-19(27)18(26)16(37-20)12-36-41(32,33)39-42(34,35)38-40(29,30)31/h6-10,13,16,18-20,26-27H,1-5,11-12H2,(H,32,33)(H,34,35)(H2,29,30,31)/t16-,18?,19+,20-/m1/s1. The van der Waals surface area contributed by atoms with Crippen molar-refractivity contribution in [3.05, 3.63) is 62.7 Å². The van der Waals surface area contributed by atoms with E-state index in [0.717, 1.165) is 52.6 Å². The van der Waals surface area contributed by atoms with Gasteiger partial charge in [0.25, 0.3) is 5.56 Å². The molecular formula is C21H30N3O15P3. The molecule has 4 rings (SSSR count). The number of aromatic nitrogens is 3. The van der Waals surface area contributed by atoms with E-state index in [-0.39, 0.29) is 6.54 Å². The Balaban J connectivity index is 1.47. The summed E-state index contributed by atoms with van der Waals surface area (Å²) >= 11 is 0. The highest BCUT2D eigenvalue weighted by Crippen LogP contribution is 2.66. The Labute approximate surface area is 237 Å². The zero-order valence-electron chi connectivity index (χ0n) is 21.8. The van der Waals surface area contributed by atoms with Crippen molar-refractivity contribution < 1.29 is 61.4 Å². The monoisotopic (exact) mass is 657 g/mol. The van der Waals surface area contributed by atoms with Crippen molar-refractivity contribution in [2.24, 2.45) is 0 Å². The van der Waals surface area contributed by atoms with Crippen LogP contribution in [0, 0.1) is 0 Å². The third-order valence-electron chi connectivity index (χ3n) is 6.76. The summed E-state index contributed by atoms with van der Waals surface area (Å²) in [4.78, 5) is 66.2. The zero-order valence-corrected chi connectivity index (χ0v) is 24.4. The highest BCUT2D eigenvalue weighted by Gasteiger charge is 2.47. The fourth-order valence-electron chi connectivity index (χ4n) is 4.87. The van der Waals surface area contributed by atoms with Crippen LogP contribution in [0.5, 0.6) is 0 Å². The van der Waals surface area contributed by atoms with Gasteiger partial charge in [0.1, 0.15) is 18.3 Å². The molecule has 3 unspecified atom stereocenters. The maximum absolute atomic E-state index is 13.3. The van der Waals surface area contributed by atoms with Crippen LogP contribution in [0.4, 0.5) is 0 Å². The van der Waals surface area contributed by atoms with Gasteiger partial charge in [-0.15, -0.1) is 0 Å². The summed E-state index contributed by atoms with van der Waals surface area (Å²) in [7, 11) is -16.9. The van der Waals surface area contributed by atoms with E-state index in [2.05, 4.69) is 18.1 Å². The minimum atomic E-state index is -5.78. The van der Waals surface area contributed by atoms with Gasteiger partial charge < -0.3 is 34.5 Å². The number of aliphatic hydroxyl groups is 2. The van der Waals surface area contributed by atoms with E-state index in [0.29, 0.717) is 11.6 Å². The lowest BCUT2D eigenvalue weighted by Crippen LogP contribution is -2.43. The van der Waals surface area contributed by atoms with Gasteiger partial charge in [-0.3, -0.25) is 23.4 Å². The van der Waals surface area contributed by atoms with Crippen LogP contribution in [0.2, 0.25) is 0 Å². The van der Waals surface area contributed by atoms with Crippen molar-refractivity contribution in [1.82, 2.24) is 14.1 Å². The van der Waals surface area contributed by atoms with Gasteiger partial charge in [-0.25, -0.2) is 18.5 Å². The molecular weight excluding hydrogens is 627 g/mol. The van der Waals surface area contributed by atoms with Gasteiger partial charge >= 0.3 is 29.2 Å². The van der Waals surface area contributed by atoms with Crippen molar-refractivity contribution in [1.29, 1.82) is 0 Å². The van der Waals surface area contributed by atoms with Gasteiger partial charge in [0.15, 0.2) is 6.23 Å². The van der Waals surface area contributed by atoms with E-state index < -0.39 is 65.9 Å². The molecule has 2 fully saturated rings. The van der Waals surface area contributed by atoms with Crippen molar-refractivity contribution in [3.8, 4) is 0 Å². The average molecular weight is 657 g/mol. The van der Waals surface area contributed by atoms with Crippen LogP contribution < -0.4 is 11.2 Å². The van der Waals surface area contributed by atoms with Gasteiger partial charge in [0.2, 0.25) is 0 Å². The van der Waals surface area contributed by atoms with E-state index in [4.69, 9.17) is 14.5 Å². The molecule has 1 aliphatic heterocycles. The molecule has 0 bridgehead atoms. The summed E-state index contributed by atoms with van der Waals surface area (Å²) in [6, 6.07) is 4.77. The molecule has 0 amide bonds. The van der Waals surface area contributed by atoms with Crippen molar-refractivity contribution in [3.63, 3.8) is 0 Å². The van der Waals surface area contributed by atoms with Crippen LogP contribution in [0.15, 0.2) is 40.2 Å². The first-order valence-electron chi connectivity index (χ1n) is 12.6. The van der Waals surface area contributed by atoms with Crippen LogP contribution in [0.25, 0.3) is 0 Å². The number of rotatable bonds is 11. The summed E-state index contributed by atoms with van der Waals surface area (Å²) in [5.74, 6) is 0.356. The first kappa shape index (κ1) is 33.0. The molecule has 0 radical (unpaired) electrons. The molecule has 18 nitrogen and oxygen atoms in total. The predicted molar refractivity (Wildman–Crippen MR) is 140 cm³/mol. The average Bonchev–Trinajstić information content (AvgIpc) is 3.17. The SMILES string of the molecule is O=c1ccn([C@@H]2O[C@H](COP(=O)(O)OP(=O)(O)OP(=O)(O)O)C(O)[C@@H]2O)c(=O)n1Cc1cc(C2CCCCC2)ccn1. The van der Waals surface area contributed by atoms with Crippen molar-refractivity contribution >= 4 is 23.5 Å². The Morgan fingerprint density at radius 1 is 0.952 bits per heavy atom. The molecule has 1 saturated heterocycles. The third kappa shape index (κ3) is 8.39. The fraction of sp³-hybridized carbons (Fsp3) is 0.571. The first-order valence-corrected chi connectivity index (χ1v) is 17.1. The maximum atomic E-state index is 13.3. The minimum absolute atomic E-state index is 0.195. The second kappa shape index (κ2) is 13.0. The van der Waals surface area contributed by atoms with E-state index in [9.17, 15) is 43.3 Å². The molecule has 2 aromatic heterocycles. The number of phosphoric ester groups is 1. The third-order valence-corrected chi connectivity index (χ3v) is 10.6. The number of aliphatic hydroxyl groups excluding tert-OH is 2. The summed E-state index contributed by atoms with van der Waals surface area (Å²) in [5.41, 5.74) is -0.0761. The molecule has 1 saturated carbocycles. The molecule has 1 aliphatic carbocycles. The maximum Gasteiger partial charge on any atom is 0.490 e. The molecule has 3 heterocycles. The fourth-order valence-corrected chi connectivity index (χ4v) is 7.90. The Morgan fingerprint density at radius 2 is 1.64 bits per heavy atom. The zero-order chi connectivity index (χ0) is 30.9. The number of hydrogen-bond acceptors (Lipinski definition) is 12. The van der Waals surface area contributed by atoms with E-state index >= 15 is 0 Å². The van der Waals surface area contributed by atoms with Gasteiger partial charge in [0, 0.05) is 18.5 Å². The number of pyridine rings is 1.